The number of hydrogen-bond acceptors (Lipinski definition) is 5. The van der Waals surface area contributed by atoms with Crippen molar-refractivity contribution in [2.24, 2.45) is 5.41 Å². The van der Waals surface area contributed by atoms with Crippen LogP contribution in [-0.2, 0) is 22.8 Å². The summed E-state index contributed by atoms with van der Waals surface area (Å²) in [6, 6.07) is 9.38. The third-order valence-corrected chi connectivity index (χ3v) is 8.82. The fourth-order valence-corrected chi connectivity index (χ4v) is 4.97. The lowest BCUT2D eigenvalue weighted by atomic mass is 9.92. The summed E-state index contributed by atoms with van der Waals surface area (Å²) in [6.45, 7) is 14.0. The molecular weight excluding hydrogens is 412 g/mol. The van der Waals surface area contributed by atoms with Crippen molar-refractivity contribution in [3.8, 4) is 6.07 Å². The van der Waals surface area contributed by atoms with Gasteiger partial charge in [-0.15, -0.1) is 4.72 Å². The summed E-state index contributed by atoms with van der Waals surface area (Å²) in [6.07, 6.45) is 3.44. The van der Waals surface area contributed by atoms with E-state index in [0.717, 1.165) is 42.1 Å². The van der Waals surface area contributed by atoms with Gasteiger partial charge in [0.2, 0.25) is 0 Å². The minimum absolute atomic E-state index is 0.275. The van der Waals surface area contributed by atoms with Crippen LogP contribution in [0.3, 0.4) is 0 Å². The molecule has 1 saturated carbocycles. The van der Waals surface area contributed by atoms with Crippen LogP contribution in [0.5, 0.6) is 0 Å². The highest BCUT2D eigenvalue weighted by Crippen LogP contribution is 2.55. The van der Waals surface area contributed by atoms with Crippen molar-refractivity contribution in [2.45, 2.75) is 76.8 Å². The van der Waals surface area contributed by atoms with Gasteiger partial charge in [-0.05, 0) is 57.4 Å². The molecule has 1 heterocycles. The highest BCUT2D eigenvalue weighted by Gasteiger charge is 2.53. The number of nitrogens with zero attached hydrogens (tertiary/aromatic N) is 3. The highest BCUT2D eigenvalue weighted by molar-refractivity contribution is 7.90. The largest absolute Gasteiger partial charge is 0.598 e. The van der Waals surface area contributed by atoms with Crippen molar-refractivity contribution in [3.63, 3.8) is 0 Å². The minimum atomic E-state index is -1.26. The number of benzene rings is 1. The topological polar surface area (TPSA) is 85.9 Å². The van der Waals surface area contributed by atoms with E-state index in [-0.39, 0.29) is 6.04 Å². The number of imidazole rings is 1. The third-order valence-electron chi connectivity index (χ3n) is 5.55. The average Bonchev–Trinajstić information content (AvgIpc) is 3.35. The second-order valence-corrected chi connectivity index (χ2v) is 18.1. The van der Waals surface area contributed by atoms with Crippen LogP contribution in [0.25, 0.3) is 11.0 Å². The first kappa shape index (κ1) is 23.3. The van der Waals surface area contributed by atoms with Crippen LogP contribution >= 0.6 is 0 Å². The Morgan fingerprint density at radius 1 is 1.37 bits per heavy atom. The molecule has 2 aromatic rings. The highest BCUT2D eigenvalue weighted by atomic mass is 32.2. The Hall–Kier alpha value is -1.37. The van der Waals surface area contributed by atoms with Gasteiger partial charge in [0.25, 0.3) is 0 Å². The molecule has 1 fully saturated rings. The number of ether oxygens (including phenoxy) is 1. The molecule has 8 heteroatoms. The summed E-state index contributed by atoms with van der Waals surface area (Å²) in [4.78, 5) is 4.49. The smallest absolute Gasteiger partial charge is 0.136 e. The van der Waals surface area contributed by atoms with Crippen LogP contribution in [0.15, 0.2) is 24.5 Å². The van der Waals surface area contributed by atoms with Crippen LogP contribution in [0.1, 0.15) is 45.2 Å². The van der Waals surface area contributed by atoms with E-state index >= 15 is 0 Å². The van der Waals surface area contributed by atoms with Crippen LogP contribution in [-0.4, -0.2) is 33.5 Å². The molecule has 1 aromatic carbocycles. The summed E-state index contributed by atoms with van der Waals surface area (Å²) < 4.78 is 23.6. The van der Waals surface area contributed by atoms with Gasteiger partial charge in [-0.1, -0.05) is 25.7 Å². The van der Waals surface area contributed by atoms with E-state index in [1.54, 1.807) is 6.33 Å². The van der Waals surface area contributed by atoms with Crippen LogP contribution < -0.4 is 4.72 Å². The summed E-state index contributed by atoms with van der Waals surface area (Å²) in [5, 5.41) is 9.82. The fourth-order valence-electron chi connectivity index (χ4n) is 3.28. The third kappa shape index (κ3) is 5.45. The van der Waals surface area contributed by atoms with Crippen molar-refractivity contribution in [1.29, 1.82) is 5.26 Å². The second kappa shape index (κ2) is 8.64. The lowest BCUT2D eigenvalue weighted by Crippen LogP contribution is -2.43. The Kier molecular flexibility index (Phi) is 6.70. The molecule has 3 rings (SSSR count). The van der Waals surface area contributed by atoms with Crippen LogP contribution in [0, 0.1) is 16.7 Å². The predicted molar refractivity (Wildman–Crippen MR) is 125 cm³/mol. The summed E-state index contributed by atoms with van der Waals surface area (Å²) >= 11 is -1.26. The molecule has 0 saturated heterocycles. The van der Waals surface area contributed by atoms with Gasteiger partial charge in [0.05, 0.1) is 34.9 Å². The summed E-state index contributed by atoms with van der Waals surface area (Å²) in [7, 11) is -1.12. The van der Waals surface area contributed by atoms with E-state index in [4.69, 9.17) is 4.74 Å². The molecule has 0 aliphatic heterocycles. The van der Waals surface area contributed by atoms with Gasteiger partial charge in [-0.3, -0.25) is 0 Å². The normalized spacial score (nSPS) is 18.2. The van der Waals surface area contributed by atoms with E-state index < -0.39 is 29.6 Å². The Bertz CT molecular complexity index is 922. The van der Waals surface area contributed by atoms with Crippen molar-refractivity contribution >= 4 is 30.5 Å². The molecule has 1 aliphatic rings. The molecule has 30 heavy (non-hydrogen) atoms. The molecule has 2 atom stereocenters. The maximum Gasteiger partial charge on any atom is 0.136 e. The van der Waals surface area contributed by atoms with Crippen LogP contribution in [0.2, 0.25) is 25.7 Å². The zero-order valence-electron chi connectivity index (χ0n) is 19.0. The van der Waals surface area contributed by atoms with E-state index in [2.05, 4.69) is 41.5 Å². The number of hydrogen-bond donors (Lipinski definition) is 1. The van der Waals surface area contributed by atoms with Crippen LogP contribution in [0.4, 0.5) is 0 Å². The van der Waals surface area contributed by atoms with Gasteiger partial charge < -0.3 is 13.9 Å². The van der Waals surface area contributed by atoms with Crippen molar-refractivity contribution in [3.05, 3.63) is 30.1 Å². The SMILES string of the molecule is CC(C)(C)[S+]([O-])N[C@@H](c1ccc2ncn(COCC[Si](C)(C)C)c2c1)C1(C#N)CC1. The van der Waals surface area contributed by atoms with Crippen molar-refractivity contribution in [1.82, 2.24) is 14.3 Å². The molecule has 1 unspecified atom stereocenters. The molecule has 164 valence electrons. The number of nitriles is 1. The molecule has 0 spiro atoms. The Labute approximate surface area is 184 Å². The Morgan fingerprint density at radius 2 is 2.07 bits per heavy atom. The summed E-state index contributed by atoms with van der Waals surface area (Å²) in [5.41, 5.74) is 2.35. The Balaban J connectivity index is 1.83. The van der Waals surface area contributed by atoms with E-state index in [1.165, 1.54) is 0 Å². The van der Waals surface area contributed by atoms with Gasteiger partial charge in [0.15, 0.2) is 0 Å². The second-order valence-electron chi connectivity index (χ2n) is 10.5. The van der Waals surface area contributed by atoms with Crippen molar-refractivity contribution < 1.29 is 9.29 Å². The quantitative estimate of drug-likeness (QED) is 0.341. The number of rotatable bonds is 9. The van der Waals surface area contributed by atoms with E-state index in [9.17, 15) is 9.81 Å². The fraction of sp³-hybridized carbons (Fsp3) is 0.636. The van der Waals surface area contributed by atoms with Gasteiger partial charge in [0.1, 0.15) is 11.5 Å². The lowest BCUT2D eigenvalue weighted by molar-refractivity contribution is 0.0898. The number of fused-ring (bicyclic) bond motifs is 1. The van der Waals surface area contributed by atoms with E-state index in [0.29, 0.717) is 6.73 Å². The number of nitrogens with one attached hydrogen (secondary N) is 1. The molecular formula is C22H34N4O2SSi. The first-order valence-electron chi connectivity index (χ1n) is 10.6. The molecule has 1 aliphatic carbocycles. The van der Waals surface area contributed by atoms with Crippen molar-refractivity contribution in [2.75, 3.05) is 6.61 Å². The number of aromatic nitrogens is 2. The zero-order chi connectivity index (χ0) is 22.2. The molecule has 0 radical (unpaired) electrons. The zero-order valence-corrected chi connectivity index (χ0v) is 20.8. The van der Waals surface area contributed by atoms with E-state index in [1.807, 2.05) is 37.5 Å². The summed E-state index contributed by atoms with van der Waals surface area (Å²) in [5.74, 6) is 0. The first-order chi connectivity index (χ1) is 14.0. The molecule has 0 amide bonds. The van der Waals surface area contributed by atoms with Gasteiger partial charge >= 0.3 is 0 Å². The monoisotopic (exact) mass is 446 g/mol. The van der Waals surface area contributed by atoms with Gasteiger partial charge in [0, 0.05) is 26.0 Å². The Morgan fingerprint density at radius 3 is 2.63 bits per heavy atom. The maximum absolute atomic E-state index is 12.8. The maximum atomic E-state index is 12.8. The first-order valence-corrected chi connectivity index (χ1v) is 15.4. The minimum Gasteiger partial charge on any atom is -0.598 e. The molecule has 0 bridgehead atoms. The molecule has 6 nitrogen and oxygen atoms in total. The van der Waals surface area contributed by atoms with Gasteiger partial charge in [-0.2, -0.15) is 5.26 Å². The average molecular weight is 447 g/mol. The lowest BCUT2D eigenvalue weighted by Gasteiger charge is -2.30. The molecule has 1 aromatic heterocycles. The van der Waals surface area contributed by atoms with Gasteiger partial charge in [-0.25, -0.2) is 4.98 Å². The standard InChI is InChI=1S/C22H34N4O2SSi/c1-21(2,3)29(27)25-20(22(14-23)9-10-22)17-7-8-18-19(13-17)26(15-24-18)16-28-11-12-30(4,5)6/h7-8,13,15,20,25H,9-12,16H2,1-6H3/t20-,29?/m0/s1. The molecule has 1 N–H and O–H groups in total. The predicted octanol–water partition coefficient (Wildman–Crippen LogP) is 4.75.